The van der Waals surface area contributed by atoms with Gasteiger partial charge in [-0.1, -0.05) is 23.7 Å². The summed E-state index contributed by atoms with van der Waals surface area (Å²) in [5.41, 5.74) is 0.520. The van der Waals surface area contributed by atoms with Gasteiger partial charge in [0.15, 0.2) is 0 Å². The van der Waals surface area contributed by atoms with Gasteiger partial charge in [0.2, 0.25) is 5.91 Å². The molecular formula is C11H12ClFN2O. The largest absolute Gasteiger partial charge is 0.354 e. The maximum Gasteiger partial charge on any atom is 0.221 e. The molecule has 86 valence electrons. The van der Waals surface area contributed by atoms with Crippen LogP contribution in [0.3, 0.4) is 0 Å². The van der Waals surface area contributed by atoms with Crippen molar-refractivity contribution in [3.63, 3.8) is 0 Å². The highest BCUT2D eigenvalue weighted by Gasteiger charge is 2.20. The van der Waals surface area contributed by atoms with Crippen molar-refractivity contribution >= 4 is 17.5 Å². The van der Waals surface area contributed by atoms with E-state index in [4.69, 9.17) is 11.6 Å². The van der Waals surface area contributed by atoms with E-state index in [1.807, 2.05) is 0 Å². The number of halogens is 2. The van der Waals surface area contributed by atoms with E-state index >= 15 is 0 Å². The molecule has 1 amide bonds. The van der Waals surface area contributed by atoms with Gasteiger partial charge in [-0.3, -0.25) is 4.79 Å². The summed E-state index contributed by atoms with van der Waals surface area (Å²) < 4.78 is 13.5. The Labute approximate surface area is 98.0 Å². The molecule has 1 aromatic rings. The van der Waals surface area contributed by atoms with Crippen LogP contribution in [0.15, 0.2) is 18.2 Å². The lowest BCUT2D eigenvalue weighted by atomic mass is 10.2. The number of carbonyl (C=O) groups is 1. The lowest BCUT2D eigenvalue weighted by molar-refractivity contribution is -0.119. The maximum absolute atomic E-state index is 13.5. The number of amides is 1. The number of nitrogens with one attached hydrogen (secondary N) is 2. The minimum atomic E-state index is -0.394. The van der Waals surface area contributed by atoms with Crippen molar-refractivity contribution in [1.29, 1.82) is 0 Å². The molecule has 0 spiro atoms. The predicted molar refractivity (Wildman–Crippen MR) is 59.7 cm³/mol. The van der Waals surface area contributed by atoms with Crippen LogP contribution in [0.1, 0.15) is 12.0 Å². The van der Waals surface area contributed by atoms with E-state index in [1.54, 1.807) is 12.1 Å². The van der Waals surface area contributed by atoms with E-state index < -0.39 is 5.82 Å². The van der Waals surface area contributed by atoms with Gasteiger partial charge in [0.05, 0.1) is 5.02 Å². The Hall–Kier alpha value is -1.13. The Balaban J connectivity index is 1.94. The molecule has 1 saturated heterocycles. The van der Waals surface area contributed by atoms with Gasteiger partial charge in [-0.05, 0) is 6.07 Å². The SMILES string of the molecule is O=C1CC(NCc2cccc(Cl)c2F)CN1. The van der Waals surface area contributed by atoms with Crippen LogP contribution in [0, 0.1) is 5.82 Å². The van der Waals surface area contributed by atoms with Crippen LogP contribution in [-0.4, -0.2) is 18.5 Å². The summed E-state index contributed by atoms with van der Waals surface area (Å²) in [4.78, 5) is 10.9. The highest BCUT2D eigenvalue weighted by atomic mass is 35.5. The van der Waals surface area contributed by atoms with Crippen molar-refractivity contribution in [2.24, 2.45) is 0 Å². The summed E-state index contributed by atoms with van der Waals surface area (Å²) in [6.07, 6.45) is 0.447. The molecule has 1 atom stereocenters. The van der Waals surface area contributed by atoms with Crippen molar-refractivity contribution in [2.75, 3.05) is 6.54 Å². The van der Waals surface area contributed by atoms with Crippen molar-refractivity contribution in [2.45, 2.75) is 19.0 Å². The van der Waals surface area contributed by atoms with Crippen LogP contribution < -0.4 is 10.6 Å². The second kappa shape index (κ2) is 4.80. The Bertz CT molecular complexity index is 411. The van der Waals surface area contributed by atoms with E-state index in [2.05, 4.69) is 10.6 Å². The zero-order valence-corrected chi connectivity index (χ0v) is 9.35. The van der Waals surface area contributed by atoms with Gasteiger partial charge in [0, 0.05) is 31.1 Å². The third-order valence-electron chi connectivity index (χ3n) is 2.59. The van der Waals surface area contributed by atoms with E-state index in [1.165, 1.54) is 6.07 Å². The summed E-state index contributed by atoms with van der Waals surface area (Å²) in [5.74, 6) is -0.363. The molecule has 1 unspecified atom stereocenters. The minimum absolute atomic E-state index is 0.0315. The van der Waals surface area contributed by atoms with Gasteiger partial charge in [-0.2, -0.15) is 0 Å². The normalized spacial score (nSPS) is 19.9. The van der Waals surface area contributed by atoms with Crippen LogP contribution in [-0.2, 0) is 11.3 Å². The highest BCUT2D eigenvalue weighted by Crippen LogP contribution is 2.17. The Kier molecular flexibility index (Phi) is 3.41. The zero-order chi connectivity index (χ0) is 11.5. The highest BCUT2D eigenvalue weighted by molar-refractivity contribution is 6.30. The van der Waals surface area contributed by atoms with Crippen LogP contribution in [0.5, 0.6) is 0 Å². The molecule has 0 bridgehead atoms. The second-order valence-corrected chi connectivity index (χ2v) is 4.21. The van der Waals surface area contributed by atoms with Crippen molar-refractivity contribution in [3.8, 4) is 0 Å². The quantitative estimate of drug-likeness (QED) is 0.843. The molecular weight excluding hydrogens is 231 g/mol. The summed E-state index contributed by atoms with van der Waals surface area (Å²) in [6, 6.07) is 4.98. The molecule has 2 N–H and O–H groups in total. The van der Waals surface area contributed by atoms with Crippen molar-refractivity contribution in [3.05, 3.63) is 34.6 Å². The van der Waals surface area contributed by atoms with Crippen LogP contribution in [0.25, 0.3) is 0 Å². The third kappa shape index (κ3) is 2.51. The van der Waals surface area contributed by atoms with Gasteiger partial charge in [0.1, 0.15) is 5.82 Å². The number of carbonyl (C=O) groups excluding carboxylic acids is 1. The Morgan fingerprint density at radius 2 is 2.38 bits per heavy atom. The second-order valence-electron chi connectivity index (χ2n) is 3.80. The Morgan fingerprint density at radius 1 is 1.56 bits per heavy atom. The fraction of sp³-hybridized carbons (Fsp3) is 0.364. The number of hydrogen-bond donors (Lipinski definition) is 2. The molecule has 1 aliphatic rings. The summed E-state index contributed by atoms with van der Waals surface area (Å²) in [5, 5.41) is 5.95. The first-order valence-corrected chi connectivity index (χ1v) is 5.47. The van der Waals surface area contributed by atoms with E-state index in [0.29, 0.717) is 25.1 Å². The van der Waals surface area contributed by atoms with Crippen molar-refractivity contribution < 1.29 is 9.18 Å². The lowest BCUT2D eigenvalue weighted by Gasteiger charge is -2.11. The first kappa shape index (κ1) is 11.4. The summed E-state index contributed by atoms with van der Waals surface area (Å²) in [7, 11) is 0. The smallest absolute Gasteiger partial charge is 0.221 e. The third-order valence-corrected chi connectivity index (χ3v) is 2.88. The number of rotatable bonds is 3. The maximum atomic E-state index is 13.5. The van der Waals surface area contributed by atoms with E-state index in [0.717, 1.165) is 0 Å². The Morgan fingerprint density at radius 3 is 3.06 bits per heavy atom. The van der Waals surface area contributed by atoms with Gasteiger partial charge < -0.3 is 10.6 Å². The molecule has 0 aromatic heterocycles. The van der Waals surface area contributed by atoms with Crippen LogP contribution in [0.2, 0.25) is 5.02 Å². The number of hydrogen-bond acceptors (Lipinski definition) is 2. The standard InChI is InChI=1S/C11H12ClFN2O/c12-9-3-1-2-7(11(9)13)5-14-8-4-10(16)15-6-8/h1-3,8,14H,4-6H2,(H,15,16). The van der Waals surface area contributed by atoms with Crippen LogP contribution >= 0.6 is 11.6 Å². The fourth-order valence-electron chi connectivity index (χ4n) is 1.69. The predicted octanol–water partition coefficient (Wildman–Crippen LogP) is 1.46. The molecule has 1 aromatic carbocycles. The van der Waals surface area contributed by atoms with Gasteiger partial charge in [-0.25, -0.2) is 4.39 Å². The monoisotopic (exact) mass is 242 g/mol. The number of benzene rings is 1. The first-order chi connectivity index (χ1) is 7.66. The first-order valence-electron chi connectivity index (χ1n) is 5.10. The molecule has 0 aliphatic carbocycles. The molecule has 5 heteroatoms. The molecule has 3 nitrogen and oxygen atoms in total. The zero-order valence-electron chi connectivity index (χ0n) is 8.59. The van der Waals surface area contributed by atoms with E-state index in [-0.39, 0.29) is 17.0 Å². The van der Waals surface area contributed by atoms with Crippen molar-refractivity contribution in [1.82, 2.24) is 10.6 Å². The molecule has 2 rings (SSSR count). The van der Waals surface area contributed by atoms with Gasteiger partial charge in [0.25, 0.3) is 0 Å². The average Bonchev–Trinajstić information content (AvgIpc) is 2.67. The molecule has 1 heterocycles. The van der Waals surface area contributed by atoms with E-state index in [9.17, 15) is 9.18 Å². The summed E-state index contributed by atoms with van der Waals surface area (Å²) in [6.45, 7) is 0.979. The topological polar surface area (TPSA) is 41.1 Å². The average molecular weight is 243 g/mol. The van der Waals surface area contributed by atoms with Gasteiger partial charge in [-0.15, -0.1) is 0 Å². The van der Waals surface area contributed by atoms with Gasteiger partial charge >= 0.3 is 0 Å². The lowest BCUT2D eigenvalue weighted by Crippen LogP contribution is -2.30. The minimum Gasteiger partial charge on any atom is -0.354 e. The van der Waals surface area contributed by atoms with Crippen LogP contribution in [0.4, 0.5) is 4.39 Å². The molecule has 16 heavy (non-hydrogen) atoms. The molecule has 0 radical (unpaired) electrons. The summed E-state index contributed by atoms with van der Waals surface area (Å²) >= 11 is 5.66. The molecule has 1 fully saturated rings. The molecule has 1 aliphatic heterocycles. The fourth-order valence-corrected chi connectivity index (χ4v) is 1.88. The molecule has 0 saturated carbocycles.